The van der Waals surface area contributed by atoms with Gasteiger partial charge in [0.1, 0.15) is 6.54 Å². The van der Waals surface area contributed by atoms with Crippen molar-refractivity contribution >= 4 is 16.8 Å². The van der Waals surface area contributed by atoms with E-state index in [1.54, 1.807) is 6.20 Å². The van der Waals surface area contributed by atoms with Gasteiger partial charge in [-0.2, -0.15) is 0 Å². The highest BCUT2D eigenvalue weighted by molar-refractivity contribution is 6.63. The summed E-state index contributed by atoms with van der Waals surface area (Å²) in [6.45, 7) is 0.0849. The molecule has 0 atom stereocenters. The highest BCUT2D eigenvalue weighted by atomic mass is 35.5. The van der Waals surface area contributed by atoms with Crippen LogP contribution in [0.4, 0.5) is 0 Å². The molecule has 0 unspecified atom stereocenters. The van der Waals surface area contributed by atoms with Crippen LogP contribution in [0.2, 0.25) is 0 Å². The van der Waals surface area contributed by atoms with E-state index in [9.17, 15) is 4.79 Å². The van der Waals surface area contributed by atoms with E-state index in [1.807, 2.05) is 0 Å². The summed E-state index contributed by atoms with van der Waals surface area (Å²) in [6, 6.07) is 0. The third kappa shape index (κ3) is 1.81. The molecule has 4 nitrogen and oxygen atoms in total. The smallest absolute Gasteiger partial charge is 0.243 e. The normalized spacial score (nSPS) is 9.44. The van der Waals surface area contributed by atoms with Crippen molar-refractivity contribution in [2.75, 3.05) is 0 Å². The molecule has 1 aromatic rings. The van der Waals surface area contributed by atoms with Gasteiger partial charge in [0.05, 0.1) is 6.20 Å². The Bertz CT molecular complexity index is 196. The molecule has 0 aliphatic heterocycles. The molecule has 0 fully saturated rings. The highest BCUT2D eigenvalue weighted by Crippen LogP contribution is 1.85. The van der Waals surface area contributed by atoms with Gasteiger partial charge in [-0.25, -0.2) is 4.68 Å². The minimum Gasteiger partial charge on any atom is -0.279 e. The molecule has 0 amide bonds. The predicted octanol–water partition coefficient (Wildman–Crippen LogP) is 0.0435. The van der Waals surface area contributed by atoms with Crippen LogP contribution >= 0.6 is 11.6 Å². The standard InChI is InChI=1S/C4H4ClN3O/c5-4(9)3-8-2-1-6-7-8/h1-2H,3H2. The van der Waals surface area contributed by atoms with Gasteiger partial charge >= 0.3 is 0 Å². The van der Waals surface area contributed by atoms with Gasteiger partial charge < -0.3 is 0 Å². The maximum atomic E-state index is 10.2. The summed E-state index contributed by atoms with van der Waals surface area (Å²) < 4.78 is 1.36. The van der Waals surface area contributed by atoms with Crippen molar-refractivity contribution in [3.05, 3.63) is 12.4 Å². The van der Waals surface area contributed by atoms with Crippen molar-refractivity contribution in [1.29, 1.82) is 0 Å². The quantitative estimate of drug-likeness (QED) is 0.553. The van der Waals surface area contributed by atoms with E-state index >= 15 is 0 Å². The van der Waals surface area contributed by atoms with Crippen molar-refractivity contribution in [1.82, 2.24) is 15.0 Å². The Morgan fingerprint density at radius 2 is 2.56 bits per heavy atom. The average molecular weight is 146 g/mol. The lowest BCUT2D eigenvalue weighted by Gasteiger charge is -1.89. The summed E-state index contributed by atoms with van der Waals surface area (Å²) in [6.07, 6.45) is 3.06. The zero-order chi connectivity index (χ0) is 6.69. The van der Waals surface area contributed by atoms with Gasteiger partial charge in [0.15, 0.2) is 0 Å². The van der Waals surface area contributed by atoms with Gasteiger partial charge in [-0.1, -0.05) is 5.21 Å². The minimum absolute atomic E-state index is 0.0849. The van der Waals surface area contributed by atoms with Crippen LogP contribution in [0.15, 0.2) is 12.4 Å². The van der Waals surface area contributed by atoms with Gasteiger partial charge in [0.2, 0.25) is 5.24 Å². The number of nitrogens with zero attached hydrogens (tertiary/aromatic N) is 3. The number of hydrogen-bond donors (Lipinski definition) is 0. The van der Waals surface area contributed by atoms with Crippen molar-refractivity contribution in [2.45, 2.75) is 6.54 Å². The lowest BCUT2D eigenvalue weighted by atomic mass is 10.7. The second-order valence-electron chi connectivity index (χ2n) is 1.46. The van der Waals surface area contributed by atoms with E-state index in [1.165, 1.54) is 10.9 Å². The van der Waals surface area contributed by atoms with Crippen molar-refractivity contribution in [3.8, 4) is 0 Å². The van der Waals surface area contributed by atoms with Crippen LogP contribution in [0, 0.1) is 0 Å². The molecule has 1 aromatic heterocycles. The first-order chi connectivity index (χ1) is 4.29. The Labute approximate surface area is 56.4 Å². The molecule has 0 N–H and O–H groups in total. The molecule has 0 bridgehead atoms. The molecule has 0 saturated heterocycles. The molecule has 48 valence electrons. The predicted molar refractivity (Wildman–Crippen MR) is 30.9 cm³/mol. The maximum absolute atomic E-state index is 10.2. The average Bonchev–Trinajstić information content (AvgIpc) is 2.15. The molecule has 0 aliphatic carbocycles. The summed E-state index contributed by atoms with van der Waals surface area (Å²) in [5.41, 5.74) is 0. The topological polar surface area (TPSA) is 47.8 Å². The van der Waals surface area contributed by atoms with Gasteiger partial charge in [0.25, 0.3) is 0 Å². The molecule has 0 saturated carbocycles. The van der Waals surface area contributed by atoms with E-state index in [2.05, 4.69) is 10.3 Å². The number of halogens is 1. The fourth-order valence-corrected chi connectivity index (χ4v) is 0.567. The number of hydrogen-bond acceptors (Lipinski definition) is 3. The Balaban J connectivity index is 2.58. The van der Waals surface area contributed by atoms with Crippen LogP contribution < -0.4 is 0 Å². The van der Waals surface area contributed by atoms with Crippen LogP contribution in [-0.4, -0.2) is 20.2 Å². The highest BCUT2D eigenvalue weighted by Gasteiger charge is 1.95. The second-order valence-corrected chi connectivity index (χ2v) is 1.88. The Morgan fingerprint density at radius 1 is 1.78 bits per heavy atom. The molecule has 0 spiro atoms. The van der Waals surface area contributed by atoms with Crippen molar-refractivity contribution in [3.63, 3.8) is 0 Å². The van der Waals surface area contributed by atoms with Crippen LogP contribution in [-0.2, 0) is 11.3 Å². The summed E-state index contributed by atoms with van der Waals surface area (Å²) in [7, 11) is 0. The molecule has 0 radical (unpaired) electrons. The molecule has 1 rings (SSSR count). The molecular weight excluding hydrogens is 142 g/mol. The number of carbonyl (C=O) groups is 1. The molecule has 5 heteroatoms. The van der Waals surface area contributed by atoms with Gasteiger partial charge in [0, 0.05) is 6.20 Å². The van der Waals surface area contributed by atoms with E-state index in [4.69, 9.17) is 11.6 Å². The zero-order valence-electron chi connectivity index (χ0n) is 4.49. The third-order valence-electron chi connectivity index (χ3n) is 0.758. The molecule has 9 heavy (non-hydrogen) atoms. The Morgan fingerprint density at radius 3 is 3.00 bits per heavy atom. The fraction of sp³-hybridized carbons (Fsp3) is 0.250. The van der Waals surface area contributed by atoms with Crippen molar-refractivity contribution < 1.29 is 4.79 Å². The lowest BCUT2D eigenvalue weighted by Crippen LogP contribution is -2.04. The van der Waals surface area contributed by atoms with Gasteiger partial charge in [-0.3, -0.25) is 4.79 Å². The van der Waals surface area contributed by atoms with E-state index in [0.29, 0.717) is 0 Å². The molecule has 1 heterocycles. The number of aromatic nitrogens is 3. The summed E-state index contributed by atoms with van der Waals surface area (Å²) in [4.78, 5) is 10.2. The minimum atomic E-state index is -0.444. The van der Waals surface area contributed by atoms with Crippen LogP contribution in [0.1, 0.15) is 0 Å². The van der Waals surface area contributed by atoms with Crippen LogP contribution in [0.5, 0.6) is 0 Å². The van der Waals surface area contributed by atoms with Gasteiger partial charge in [-0.15, -0.1) is 5.10 Å². The SMILES string of the molecule is O=C(Cl)Cn1ccnn1. The van der Waals surface area contributed by atoms with Crippen molar-refractivity contribution in [2.24, 2.45) is 0 Å². The number of carbonyl (C=O) groups excluding carboxylic acids is 1. The summed E-state index contributed by atoms with van der Waals surface area (Å²) in [5.74, 6) is 0. The van der Waals surface area contributed by atoms with Gasteiger partial charge in [-0.05, 0) is 11.6 Å². The monoisotopic (exact) mass is 145 g/mol. The fourth-order valence-electron chi connectivity index (χ4n) is 0.444. The first kappa shape index (κ1) is 6.22. The summed E-state index contributed by atoms with van der Waals surface area (Å²) in [5, 5.41) is 6.55. The molecular formula is C4H4ClN3O. The first-order valence-electron chi connectivity index (χ1n) is 2.31. The Kier molecular flexibility index (Phi) is 1.79. The molecule has 0 aromatic carbocycles. The zero-order valence-corrected chi connectivity index (χ0v) is 5.25. The second kappa shape index (κ2) is 2.59. The first-order valence-corrected chi connectivity index (χ1v) is 2.69. The van der Waals surface area contributed by atoms with E-state index < -0.39 is 5.24 Å². The largest absolute Gasteiger partial charge is 0.279 e. The van der Waals surface area contributed by atoms with Crippen LogP contribution in [0.25, 0.3) is 0 Å². The number of rotatable bonds is 2. The maximum Gasteiger partial charge on any atom is 0.243 e. The Hall–Kier alpha value is -0.900. The third-order valence-corrected chi connectivity index (χ3v) is 0.878. The lowest BCUT2D eigenvalue weighted by molar-refractivity contribution is -0.112. The van der Waals surface area contributed by atoms with Crippen LogP contribution in [0.3, 0.4) is 0 Å². The summed E-state index contributed by atoms with van der Waals surface area (Å²) >= 11 is 5.04. The van der Waals surface area contributed by atoms with E-state index in [0.717, 1.165) is 0 Å². The van der Waals surface area contributed by atoms with E-state index in [-0.39, 0.29) is 6.54 Å². The molecule has 0 aliphatic rings.